The van der Waals surface area contributed by atoms with Gasteiger partial charge in [0.1, 0.15) is 17.1 Å². The molecule has 168 valence electrons. The molecule has 0 aliphatic heterocycles. The fourth-order valence-corrected chi connectivity index (χ4v) is 4.16. The molecule has 1 aliphatic carbocycles. The smallest absolute Gasteiger partial charge is 0.416 e. The van der Waals surface area contributed by atoms with Gasteiger partial charge in [-0.3, -0.25) is 0 Å². The van der Waals surface area contributed by atoms with Crippen LogP contribution in [-0.4, -0.2) is 41.7 Å². The van der Waals surface area contributed by atoms with Crippen LogP contribution in [0.4, 0.5) is 13.2 Å². The summed E-state index contributed by atoms with van der Waals surface area (Å²) in [5.74, 6) is -1.64. The van der Waals surface area contributed by atoms with Gasteiger partial charge in [0, 0.05) is 12.5 Å². The number of halogens is 3. The van der Waals surface area contributed by atoms with Crippen molar-refractivity contribution in [2.24, 2.45) is 5.92 Å². The predicted octanol–water partition coefficient (Wildman–Crippen LogP) is 4.57. The van der Waals surface area contributed by atoms with E-state index in [4.69, 9.17) is 4.74 Å². The molecule has 0 radical (unpaired) electrons. The highest BCUT2D eigenvalue weighted by atomic mass is 19.4. The van der Waals surface area contributed by atoms with Crippen LogP contribution in [0.25, 0.3) is 0 Å². The number of aromatic hydroxyl groups is 1. The zero-order chi connectivity index (χ0) is 22.8. The number of hydrogen-bond acceptors (Lipinski definition) is 5. The molecular formula is C23H26F3NO4. The van der Waals surface area contributed by atoms with Crippen LogP contribution in [0.5, 0.6) is 11.5 Å². The minimum atomic E-state index is -4.63. The van der Waals surface area contributed by atoms with Gasteiger partial charge in [-0.1, -0.05) is 25.0 Å². The summed E-state index contributed by atoms with van der Waals surface area (Å²) in [6.07, 6.45) is -1.26. The Bertz CT molecular complexity index is 945. The number of carbonyl (C=O) groups is 1. The number of alkyl halides is 3. The maximum atomic E-state index is 12.8. The third kappa shape index (κ3) is 5.19. The van der Waals surface area contributed by atoms with E-state index in [1.165, 1.54) is 6.07 Å². The van der Waals surface area contributed by atoms with Crippen LogP contribution in [0.15, 0.2) is 42.5 Å². The minimum absolute atomic E-state index is 0.0150. The number of hydrogen-bond donors (Lipinski definition) is 2. The highest BCUT2D eigenvalue weighted by molar-refractivity contribution is 5.94. The molecule has 0 aromatic heterocycles. The highest BCUT2D eigenvalue weighted by Gasteiger charge is 2.40. The van der Waals surface area contributed by atoms with Crippen molar-refractivity contribution in [2.45, 2.75) is 37.5 Å². The van der Waals surface area contributed by atoms with Crippen molar-refractivity contribution in [1.82, 2.24) is 4.90 Å². The Morgan fingerprint density at radius 2 is 1.94 bits per heavy atom. The Morgan fingerprint density at radius 3 is 2.58 bits per heavy atom. The van der Waals surface area contributed by atoms with Crippen LogP contribution in [0, 0.1) is 5.92 Å². The Hall–Kier alpha value is -2.58. The lowest BCUT2D eigenvalue weighted by molar-refractivity contribution is -0.137. The molecule has 0 unspecified atom stereocenters. The van der Waals surface area contributed by atoms with Crippen LogP contribution in [0.2, 0.25) is 0 Å². The summed E-state index contributed by atoms with van der Waals surface area (Å²) in [7, 11) is 3.90. The molecule has 1 fully saturated rings. The first-order chi connectivity index (χ1) is 14.5. The highest BCUT2D eigenvalue weighted by Crippen LogP contribution is 2.43. The molecule has 2 aromatic carbocycles. The number of rotatable bonds is 5. The van der Waals surface area contributed by atoms with Crippen LogP contribution in [-0.2, 0) is 11.8 Å². The van der Waals surface area contributed by atoms with Crippen molar-refractivity contribution in [3.05, 3.63) is 59.2 Å². The Balaban J connectivity index is 1.83. The van der Waals surface area contributed by atoms with Crippen molar-refractivity contribution in [3.63, 3.8) is 0 Å². The second kappa shape index (κ2) is 8.88. The first-order valence-corrected chi connectivity index (χ1v) is 10.1. The fraction of sp³-hybridized carbons (Fsp3) is 0.435. The summed E-state index contributed by atoms with van der Waals surface area (Å²) < 4.78 is 43.6. The van der Waals surface area contributed by atoms with E-state index < -0.39 is 29.1 Å². The first kappa shape index (κ1) is 23.1. The van der Waals surface area contributed by atoms with Crippen molar-refractivity contribution < 1.29 is 32.9 Å². The molecule has 0 amide bonds. The minimum Gasteiger partial charge on any atom is -0.507 e. The molecule has 31 heavy (non-hydrogen) atoms. The third-order valence-corrected chi connectivity index (χ3v) is 5.71. The molecule has 0 spiro atoms. The molecule has 0 saturated heterocycles. The van der Waals surface area contributed by atoms with E-state index in [2.05, 4.69) is 0 Å². The lowest BCUT2D eigenvalue weighted by Crippen LogP contribution is -2.43. The van der Waals surface area contributed by atoms with Gasteiger partial charge >= 0.3 is 12.1 Å². The molecule has 8 heteroatoms. The van der Waals surface area contributed by atoms with Gasteiger partial charge in [0.25, 0.3) is 0 Å². The van der Waals surface area contributed by atoms with Gasteiger partial charge in [-0.05, 0) is 62.8 Å². The number of carbonyl (C=O) groups excluding carboxylic acids is 1. The van der Waals surface area contributed by atoms with E-state index in [0.717, 1.165) is 25.3 Å². The molecule has 0 heterocycles. The number of phenolic OH excluding ortho intramolecular Hbond substituents is 1. The maximum absolute atomic E-state index is 12.8. The number of esters is 1. The molecule has 1 aliphatic rings. The van der Waals surface area contributed by atoms with E-state index in [1.54, 1.807) is 18.2 Å². The number of aliphatic hydroxyl groups is 1. The molecular weight excluding hydrogens is 411 g/mol. The maximum Gasteiger partial charge on any atom is 0.416 e. The lowest BCUT2D eigenvalue weighted by Gasteiger charge is -2.41. The molecule has 2 atom stereocenters. The topological polar surface area (TPSA) is 70.0 Å². The van der Waals surface area contributed by atoms with E-state index >= 15 is 0 Å². The summed E-state index contributed by atoms with van der Waals surface area (Å²) >= 11 is 0. The molecule has 5 nitrogen and oxygen atoms in total. The Labute approximate surface area is 179 Å². The van der Waals surface area contributed by atoms with Crippen molar-refractivity contribution in [1.29, 1.82) is 0 Å². The second-order valence-electron chi connectivity index (χ2n) is 8.28. The number of phenols is 1. The standard InChI is InChI=1S/C23H26F3NO4/c1-27(2)14-17-6-3-4-11-22(17,30)15-7-5-8-18(12-15)31-21(29)19-10-9-16(13-20(19)28)23(24,25)26/h5,7-10,12-13,17,28,30H,3-4,6,11,14H2,1-2H3/t17-,22+/m0/s1. The molecule has 2 N–H and O–H groups in total. The van der Waals surface area contributed by atoms with Gasteiger partial charge in [-0.15, -0.1) is 0 Å². The number of nitrogens with zero attached hydrogens (tertiary/aromatic N) is 1. The van der Waals surface area contributed by atoms with E-state index in [-0.39, 0.29) is 17.2 Å². The normalized spacial score (nSPS) is 21.8. The second-order valence-corrected chi connectivity index (χ2v) is 8.28. The van der Waals surface area contributed by atoms with Crippen LogP contribution >= 0.6 is 0 Å². The largest absolute Gasteiger partial charge is 0.507 e. The van der Waals surface area contributed by atoms with Gasteiger partial charge in [0.2, 0.25) is 0 Å². The number of benzene rings is 2. The van der Waals surface area contributed by atoms with Gasteiger partial charge in [0.05, 0.1) is 11.2 Å². The summed E-state index contributed by atoms with van der Waals surface area (Å²) in [6, 6.07) is 8.62. The Kier molecular flexibility index (Phi) is 6.62. The number of ether oxygens (including phenoxy) is 1. The van der Waals surface area contributed by atoms with Crippen LogP contribution in [0.3, 0.4) is 0 Å². The van der Waals surface area contributed by atoms with Gasteiger partial charge in [0.15, 0.2) is 0 Å². The monoisotopic (exact) mass is 437 g/mol. The zero-order valence-electron chi connectivity index (χ0n) is 17.4. The molecule has 2 aromatic rings. The SMILES string of the molecule is CN(C)C[C@@H]1CCCC[C@@]1(O)c1cccc(OC(=O)c2ccc(C(F)(F)F)cc2O)c1. The third-order valence-electron chi connectivity index (χ3n) is 5.71. The lowest BCUT2D eigenvalue weighted by atomic mass is 9.71. The summed E-state index contributed by atoms with van der Waals surface area (Å²) in [6.45, 7) is 0.708. The fourth-order valence-electron chi connectivity index (χ4n) is 4.16. The van der Waals surface area contributed by atoms with E-state index in [0.29, 0.717) is 30.7 Å². The van der Waals surface area contributed by atoms with Gasteiger partial charge in [-0.25, -0.2) is 4.79 Å². The van der Waals surface area contributed by atoms with E-state index in [1.807, 2.05) is 19.0 Å². The van der Waals surface area contributed by atoms with Crippen molar-refractivity contribution >= 4 is 5.97 Å². The van der Waals surface area contributed by atoms with E-state index in [9.17, 15) is 28.2 Å². The van der Waals surface area contributed by atoms with Crippen LogP contribution in [0.1, 0.15) is 47.2 Å². The predicted molar refractivity (Wildman–Crippen MR) is 109 cm³/mol. The van der Waals surface area contributed by atoms with Crippen LogP contribution < -0.4 is 4.74 Å². The average Bonchev–Trinajstić information content (AvgIpc) is 2.69. The quantitative estimate of drug-likeness (QED) is 0.530. The molecule has 0 bridgehead atoms. The Morgan fingerprint density at radius 1 is 1.19 bits per heavy atom. The summed E-state index contributed by atoms with van der Waals surface area (Å²) in [4.78, 5) is 14.5. The molecule has 3 rings (SSSR count). The van der Waals surface area contributed by atoms with Gasteiger partial charge in [-0.2, -0.15) is 13.2 Å². The van der Waals surface area contributed by atoms with Crippen molar-refractivity contribution in [3.8, 4) is 11.5 Å². The van der Waals surface area contributed by atoms with Crippen molar-refractivity contribution in [2.75, 3.05) is 20.6 Å². The molecule has 1 saturated carbocycles. The summed E-state index contributed by atoms with van der Waals surface area (Å²) in [5, 5.41) is 21.3. The van der Waals surface area contributed by atoms with Gasteiger partial charge < -0.3 is 19.8 Å². The zero-order valence-corrected chi connectivity index (χ0v) is 17.4. The average molecular weight is 437 g/mol. The first-order valence-electron chi connectivity index (χ1n) is 10.1. The summed E-state index contributed by atoms with van der Waals surface area (Å²) in [5.41, 5.74) is -1.88.